The molecule has 0 fully saturated rings. The predicted octanol–water partition coefficient (Wildman–Crippen LogP) is 2.65. The molecule has 5 heteroatoms. The van der Waals surface area contributed by atoms with Crippen molar-refractivity contribution in [3.63, 3.8) is 0 Å². The van der Waals surface area contributed by atoms with Crippen LogP contribution in [-0.4, -0.2) is 25.4 Å². The molecular formula is C17H17N3O2. The number of amides is 1. The molecule has 0 radical (unpaired) electrons. The molecule has 0 unspecified atom stereocenters. The third kappa shape index (κ3) is 3.09. The van der Waals surface area contributed by atoms with E-state index < -0.39 is 0 Å². The zero-order valence-electron chi connectivity index (χ0n) is 12.3. The summed E-state index contributed by atoms with van der Waals surface area (Å²) in [5.74, 6) is 1.16. The molecule has 3 rings (SSSR count). The predicted molar refractivity (Wildman–Crippen MR) is 86.3 cm³/mol. The highest BCUT2D eigenvalue weighted by Gasteiger charge is 2.18. The summed E-state index contributed by atoms with van der Waals surface area (Å²) in [5, 5.41) is 9.20. The Morgan fingerprint density at radius 3 is 2.77 bits per heavy atom. The summed E-state index contributed by atoms with van der Waals surface area (Å²) in [6.07, 6.45) is 0.713. The van der Waals surface area contributed by atoms with Gasteiger partial charge in [-0.3, -0.25) is 9.80 Å². The van der Waals surface area contributed by atoms with Gasteiger partial charge in [-0.05, 0) is 30.3 Å². The summed E-state index contributed by atoms with van der Waals surface area (Å²) in [6.45, 7) is 0.762. The van der Waals surface area contributed by atoms with E-state index in [1.807, 2.05) is 35.3 Å². The van der Waals surface area contributed by atoms with Crippen LogP contribution < -0.4 is 15.1 Å². The van der Waals surface area contributed by atoms with Crippen LogP contribution in [0.25, 0.3) is 0 Å². The van der Waals surface area contributed by atoms with Crippen molar-refractivity contribution in [2.24, 2.45) is 5.10 Å². The maximum absolute atomic E-state index is 12.2. The third-order valence-electron chi connectivity index (χ3n) is 3.45. The fourth-order valence-electron chi connectivity index (χ4n) is 2.30. The lowest BCUT2D eigenvalue weighted by Crippen LogP contribution is -2.29. The number of hydrazone groups is 1. The highest BCUT2D eigenvalue weighted by molar-refractivity contribution is 6.07. The van der Waals surface area contributed by atoms with E-state index in [-0.39, 0.29) is 5.91 Å². The summed E-state index contributed by atoms with van der Waals surface area (Å²) >= 11 is 0. The zero-order chi connectivity index (χ0) is 15.4. The molecule has 1 amide bonds. The van der Waals surface area contributed by atoms with Crippen molar-refractivity contribution in [1.29, 1.82) is 0 Å². The molecule has 0 aliphatic carbocycles. The normalized spacial score (nSPS) is 13.7. The van der Waals surface area contributed by atoms with E-state index in [1.54, 1.807) is 31.4 Å². The van der Waals surface area contributed by atoms with Gasteiger partial charge in [-0.2, -0.15) is 5.10 Å². The van der Waals surface area contributed by atoms with Crippen molar-refractivity contribution in [3.8, 4) is 5.75 Å². The molecule has 1 aliphatic heterocycles. The van der Waals surface area contributed by atoms with Gasteiger partial charge in [0.05, 0.1) is 12.8 Å². The number of benzene rings is 2. The Morgan fingerprint density at radius 2 is 2.00 bits per heavy atom. The number of carbonyl (C=O) groups is 1. The summed E-state index contributed by atoms with van der Waals surface area (Å²) in [7, 11) is 1.58. The molecule has 1 heterocycles. The van der Waals surface area contributed by atoms with Crippen molar-refractivity contribution in [1.82, 2.24) is 5.32 Å². The van der Waals surface area contributed by atoms with Gasteiger partial charge < -0.3 is 10.1 Å². The van der Waals surface area contributed by atoms with Gasteiger partial charge in [0.2, 0.25) is 0 Å². The number of anilines is 1. The molecule has 2 aromatic carbocycles. The third-order valence-corrected chi connectivity index (χ3v) is 3.45. The van der Waals surface area contributed by atoms with E-state index in [9.17, 15) is 4.79 Å². The molecule has 0 aromatic heterocycles. The van der Waals surface area contributed by atoms with E-state index >= 15 is 0 Å². The molecule has 1 N–H and O–H groups in total. The first-order chi connectivity index (χ1) is 10.8. The van der Waals surface area contributed by atoms with E-state index in [0.29, 0.717) is 23.6 Å². The Labute approximate surface area is 129 Å². The fourth-order valence-corrected chi connectivity index (χ4v) is 2.30. The highest BCUT2D eigenvalue weighted by Crippen LogP contribution is 2.18. The second kappa shape index (κ2) is 6.30. The van der Waals surface area contributed by atoms with E-state index in [1.165, 1.54) is 0 Å². The Morgan fingerprint density at radius 1 is 1.18 bits per heavy atom. The second-order valence-electron chi connectivity index (χ2n) is 4.94. The topological polar surface area (TPSA) is 53.9 Å². The second-order valence-corrected chi connectivity index (χ2v) is 4.94. The van der Waals surface area contributed by atoms with Gasteiger partial charge in [-0.1, -0.05) is 24.3 Å². The fraction of sp³-hybridized carbons (Fsp3) is 0.176. The Kier molecular flexibility index (Phi) is 4.05. The number of methoxy groups -OCH3 is 1. The molecule has 22 heavy (non-hydrogen) atoms. The number of hydrogen-bond donors (Lipinski definition) is 1. The molecule has 112 valence electrons. The number of carbonyl (C=O) groups excluding carboxylic acids is 1. The first-order valence-corrected chi connectivity index (χ1v) is 7.12. The van der Waals surface area contributed by atoms with Crippen LogP contribution in [0.5, 0.6) is 5.75 Å². The van der Waals surface area contributed by atoms with Crippen LogP contribution in [0, 0.1) is 0 Å². The first kappa shape index (κ1) is 14.1. The molecule has 0 bridgehead atoms. The highest BCUT2D eigenvalue weighted by atomic mass is 16.5. The molecule has 0 saturated carbocycles. The SMILES string of the molecule is COc1cccc(C(=O)NC2=NN(c3ccccc3)CC2)c1. The van der Waals surface area contributed by atoms with Gasteiger partial charge in [0, 0.05) is 18.5 Å². The minimum absolute atomic E-state index is 0.174. The van der Waals surface area contributed by atoms with Crippen LogP contribution in [-0.2, 0) is 0 Å². The maximum Gasteiger partial charge on any atom is 0.256 e. The number of rotatable bonds is 3. The van der Waals surface area contributed by atoms with Gasteiger partial charge >= 0.3 is 0 Å². The summed E-state index contributed by atoms with van der Waals surface area (Å²) in [5.41, 5.74) is 1.58. The Bertz CT molecular complexity index is 698. The largest absolute Gasteiger partial charge is 0.497 e. The molecular weight excluding hydrogens is 278 g/mol. The number of para-hydroxylation sites is 1. The zero-order valence-corrected chi connectivity index (χ0v) is 12.3. The van der Waals surface area contributed by atoms with E-state index in [0.717, 1.165) is 12.2 Å². The van der Waals surface area contributed by atoms with Crippen LogP contribution in [0.15, 0.2) is 59.7 Å². The molecule has 5 nitrogen and oxygen atoms in total. The average molecular weight is 295 g/mol. The maximum atomic E-state index is 12.2. The lowest BCUT2D eigenvalue weighted by Gasteiger charge is -2.12. The smallest absolute Gasteiger partial charge is 0.256 e. The number of amidine groups is 1. The van der Waals surface area contributed by atoms with Crippen molar-refractivity contribution in [2.45, 2.75) is 6.42 Å². The van der Waals surface area contributed by atoms with Crippen molar-refractivity contribution < 1.29 is 9.53 Å². The van der Waals surface area contributed by atoms with Gasteiger partial charge in [-0.25, -0.2) is 0 Å². The van der Waals surface area contributed by atoms with Crippen molar-refractivity contribution >= 4 is 17.4 Å². The van der Waals surface area contributed by atoms with Crippen molar-refractivity contribution in [3.05, 3.63) is 60.2 Å². The quantitative estimate of drug-likeness (QED) is 0.947. The van der Waals surface area contributed by atoms with Gasteiger partial charge in [-0.15, -0.1) is 0 Å². The van der Waals surface area contributed by atoms with E-state index in [4.69, 9.17) is 4.74 Å². The summed E-state index contributed by atoms with van der Waals surface area (Å²) in [4.78, 5) is 12.2. The van der Waals surface area contributed by atoms with Crippen molar-refractivity contribution in [2.75, 3.05) is 18.7 Å². The molecule has 0 atom stereocenters. The first-order valence-electron chi connectivity index (χ1n) is 7.12. The number of nitrogens with one attached hydrogen (secondary N) is 1. The lowest BCUT2D eigenvalue weighted by molar-refractivity contribution is 0.0976. The monoisotopic (exact) mass is 295 g/mol. The standard InChI is InChI=1S/C17H17N3O2/c1-22-15-9-5-6-13(12-15)17(21)18-16-10-11-20(19-16)14-7-3-2-4-8-14/h2-9,12H,10-11H2,1H3,(H,18,19,21). The summed E-state index contributed by atoms with van der Waals surface area (Å²) in [6, 6.07) is 17.0. The number of hydrogen-bond acceptors (Lipinski definition) is 4. The Balaban J connectivity index is 1.69. The number of nitrogens with zero attached hydrogens (tertiary/aromatic N) is 2. The molecule has 0 spiro atoms. The molecule has 2 aromatic rings. The summed E-state index contributed by atoms with van der Waals surface area (Å²) < 4.78 is 5.13. The molecule has 0 saturated heterocycles. The van der Waals surface area contributed by atoms with Gasteiger partial charge in [0.15, 0.2) is 0 Å². The van der Waals surface area contributed by atoms with Crippen LogP contribution in [0.2, 0.25) is 0 Å². The average Bonchev–Trinajstić information content (AvgIpc) is 3.04. The van der Waals surface area contributed by atoms with Gasteiger partial charge in [0.1, 0.15) is 11.6 Å². The Hall–Kier alpha value is -2.82. The lowest BCUT2D eigenvalue weighted by atomic mass is 10.2. The minimum Gasteiger partial charge on any atom is -0.497 e. The van der Waals surface area contributed by atoms with Crippen LogP contribution in [0.4, 0.5) is 5.69 Å². The van der Waals surface area contributed by atoms with E-state index in [2.05, 4.69) is 10.4 Å². The van der Waals surface area contributed by atoms with Gasteiger partial charge in [0.25, 0.3) is 5.91 Å². The minimum atomic E-state index is -0.174. The molecule has 1 aliphatic rings. The van der Waals surface area contributed by atoms with Crippen LogP contribution >= 0.6 is 0 Å². The van der Waals surface area contributed by atoms with Crippen LogP contribution in [0.3, 0.4) is 0 Å². The van der Waals surface area contributed by atoms with Crippen LogP contribution in [0.1, 0.15) is 16.8 Å². The number of ether oxygens (including phenoxy) is 1.